The fraction of sp³-hybridized carbons (Fsp3) is 0.200. The van der Waals surface area contributed by atoms with Gasteiger partial charge in [-0.25, -0.2) is 0 Å². The molecular formula is C30H30O4. The lowest BCUT2D eigenvalue weighted by Crippen LogP contribution is -1.96. The summed E-state index contributed by atoms with van der Waals surface area (Å²) < 4.78 is 17.1. The van der Waals surface area contributed by atoms with Crippen LogP contribution in [0.25, 0.3) is 0 Å². The molecule has 0 fully saturated rings. The highest BCUT2D eigenvalue weighted by Crippen LogP contribution is 2.33. The fourth-order valence-electron chi connectivity index (χ4n) is 3.97. The molecule has 0 saturated heterocycles. The van der Waals surface area contributed by atoms with Crippen LogP contribution in [0.1, 0.15) is 22.3 Å². The van der Waals surface area contributed by atoms with Gasteiger partial charge >= 0.3 is 0 Å². The standard InChI is InChI=1S/C30H30O4/c1-32-27-10-4-7-23(19-27)14-15-25-16-17-29(33-2)30(21-25)34-28-11-5-8-24(20-28)13-12-22-6-3-9-26(31)18-22/h3-11,16-21,31H,12-15H2,1-2H3. The van der Waals surface area contributed by atoms with Gasteiger partial charge in [-0.2, -0.15) is 0 Å². The molecule has 1 N–H and O–H groups in total. The zero-order valence-corrected chi connectivity index (χ0v) is 19.7. The minimum absolute atomic E-state index is 0.299. The van der Waals surface area contributed by atoms with Gasteiger partial charge in [0.2, 0.25) is 0 Å². The van der Waals surface area contributed by atoms with Crippen LogP contribution < -0.4 is 14.2 Å². The average molecular weight is 455 g/mol. The Labute approximate surface area is 201 Å². The van der Waals surface area contributed by atoms with E-state index in [-0.39, 0.29) is 0 Å². The summed E-state index contributed by atoms with van der Waals surface area (Å²) in [5.74, 6) is 3.36. The van der Waals surface area contributed by atoms with Gasteiger partial charge in [0.15, 0.2) is 11.5 Å². The van der Waals surface area contributed by atoms with Gasteiger partial charge in [-0.3, -0.25) is 0 Å². The molecule has 4 rings (SSSR count). The molecule has 0 heterocycles. The first kappa shape index (κ1) is 23.2. The lowest BCUT2D eigenvalue weighted by atomic mass is 10.0. The molecule has 4 heteroatoms. The Balaban J connectivity index is 1.44. The molecule has 0 atom stereocenters. The zero-order chi connectivity index (χ0) is 23.8. The van der Waals surface area contributed by atoms with E-state index in [1.54, 1.807) is 20.3 Å². The van der Waals surface area contributed by atoms with Gasteiger partial charge in [0, 0.05) is 0 Å². The maximum atomic E-state index is 9.68. The number of ether oxygens (including phenoxy) is 3. The zero-order valence-electron chi connectivity index (χ0n) is 19.7. The second-order valence-electron chi connectivity index (χ2n) is 8.26. The number of aromatic hydroxyl groups is 1. The van der Waals surface area contributed by atoms with Crippen molar-refractivity contribution in [2.75, 3.05) is 14.2 Å². The number of aryl methyl sites for hydroxylation is 4. The summed E-state index contributed by atoms with van der Waals surface area (Å²) in [7, 11) is 3.34. The summed E-state index contributed by atoms with van der Waals surface area (Å²) in [6.45, 7) is 0. The van der Waals surface area contributed by atoms with Crippen LogP contribution in [0.15, 0.2) is 91.0 Å². The van der Waals surface area contributed by atoms with Crippen molar-refractivity contribution in [3.63, 3.8) is 0 Å². The van der Waals surface area contributed by atoms with Crippen LogP contribution in [-0.2, 0) is 25.7 Å². The first-order valence-corrected chi connectivity index (χ1v) is 11.5. The number of rotatable bonds is 10. The topological polar surface area (TPSA) is 47.9 Å². The van der Waals surface area contributed by atoms with Crippen LogP contribution in [0.3, 0.4) is 0 Å². The quantitative estimate of drug-likeness (QED) is 0.287. The molecular weight excluding hydrogens is 424 g/mol. The van der Waals surface area contributed by atoms with Crippen molar-refractivity contribution in [2.24, 2.45) is 0 Å². The normalized spacial score (nSPS) is 10.6. The average Bonchev–Trinajstić information content (AvgIpc) is 2.87. The van der Waals surface area contributed by atoms with Crippen LogP contribution in [0.4, 0.5) is 0 Å². The smallest absolute Gasteiger partial charge is 0.169 e. The molecule has 0 aliphatic heterocycles. The largest absolute Gasteiger partial charge is 0.508 e. The van der Waals surface area contributed by atoms with Gasteiger partial charge in [-0.05, 0) is 96.5 Å². The molecule has 0 radical (unpaired) electrons. The summed E-state index contributed by atoms with van der Waals surface area (Å²) in [5.41, 5.74) is 4.70. The maximum absolute atomic E-state index is 9.68. The predicted octanol–water partition coefficient (Wildman–Crippen LogP) is 6.77. The van der Waals surface area contributed by atoms with Crippen molar-refractivity contribution in [1.82, 2.24) is 0 Å². The van der Waals surface area contributed by atoms with Gasteiger partial charge in [0.05, 0.1) is 14.2 Å². The number of phenols is 1. The highest BCUT2D eigenvalue weighted by atomic mass is 16.5. The molecule has 174 valence electrons. The molecule has 0 amide bonds. The first-order valence-electron chi connectivity index (χ1n) is 11.5. The van der Waals surface area contributed by atoms with Gasteiger partial charge in [-0.15, -0.1) is 0 Å². The third-order valence-electron chi connectivity index (χ3n) is 5.80. The Morgan fingerprint density at radius 2 is 1.09 bits per heavy atom. The van der Waals surface area contributed by atoms with E-state index in [0.717, 1.165) is 42.7 Å². The Hall–Kier alpha value is -3.92. The first-order chi connectivity index (χ1) is 16.6. The third-order valence-corrected chi connectivity index (χ3v) is 5.80. The number of methoxy groups -OCH3 is 2. The van der Waals surface area contributed by atoms with E-state index in [1.807, 2.05) is 48.5 Å². The van der Waals surface area contributed by atoms with E-state index in [0.29, 0.717) is 17.2 Å². The molecule has 0 aromatic heterocycles. The SMILES string of the molecule is COc1cccc(CCc2ccc(OC)c(Oc3cccc(CCc4cccc(O)c4)c3)c2)c1. The minimum atomic E-state index is 0.299. The van der Waals surface area contributed by atoms with Crippen molar-refractivity contribution in [2.45, 2.75) is 25.7 Å². The van der Waals surface area contributed by atoms with Gasteiger partial charge in [-0.1, -0.05) is 42.5 Å². The lowest BCUT2D eigenvalue weighted by molar-refractivity contribution is 0.378. The van der Waals surface area contributed by atoms with Crippen LogP contribution in [0.2, 0.25) is 0 Å². The summed E-state index contributed by atoms with van der Waals surface area (Å²) in [5, 5.41) is 9.68. The van der Waals surface area contributed by atoms with Crippen LogP contribution in [0, 0.1) is 0 Å². The number of hydrogen-bond donors (Lipinski definition) is 1. The molecule has 0 aliphatic carbocycles. The predicted molar refractivity (Wildman–Crippen MR) is 135 cm³/mol. The monoisotopic (exact) mass is 454 g/mol. The Bertz CT molecular complexity index is 1230. The number of benzene rings is 4. The fourth-order valence-corrected chi connectivity index (χ4v) is 3.97. The number of hydrogen-bond acceptors (Lipinski definition) is 4. The summed E-state index contributed by atoms with van der Waals surface area (Å²) >= 11 is 0. The second-order valence-corrected chi connectivity index (χ2v) is 8.26. The molecule has 4 nitrogen and oxygen atoms in total. The molecule has 0 bridgehead atoms. The van der Waals surface area contributed by atoms with E-state index < -0.39 is 0 Å². The third kappa shape index (κ3) is 6.32. The molecule has 4 aromatic carbocycles. The van der Waals surface area contributed by atoms with Gasteiger partial charge in [0.25, 0.3) is 0 Å². The molecule has 0 aliphatic rings. The van der Waals surface area contributed by atoms with Crippen molar-refractivity contribution in [1.29, 1.82) is 0 Å². The molecule has 0 unspecified atom stereocenters. The van der Waals surface area contributed by atoms with Gasteiger partial charge in [0.1, 0.15) is 17.2 Å². The van der Waals surface area contributed by atoms with Crippen molar-refractivity contribution in [3.05, 3.63) is 113 Å². The highest BCUT2D eigenvalue weighted by Gasteiger charge is 2.09. The van der Waals surface area contributed by atoms with E-state index in [9.17, 15) is 5.11 Å². The minimum Gasteiger partial charge on any atom is -0.508 e. The maximum Gasteiger partial charge on any atom is 0.169 e. The Morgan fingerprint density at radius 3 is 1.71 bits per heavy atom. The van der Waals surface area contributed by atoms with Crippen molar-refractivity contribution in [3.8, 4) is 28.7 Å². The van der Waals surface area contributed by atoms with Crippen LogP contribution in [-0.4, -0.2) is 19.3 Å². The Morgan fingerprint density at radius 1 is 0.529 bits per heavy atom. The van der Waals surface area contributed by atoms with Crippen LogP contribution in [0.5, 0.6) is 28.7 Å². The molecule has 0 spiro atoms. The summed E-state index contributed by atoms with van der Waals surface area (Å²) in [6.07, 6.45) is 3.50. The summed E-state index contributed by atoms with van der Waals surface area (Å²) in [6, 6.07) is 29.8. The molecule has 4 aromatic rings. The summed E-state index contributed by atoms with van der Waals surface area (Å²) in [4.78, 5) is 0. The van der Waals surface area contributed by atoms with E-state index in [1.165, 1.54) is 16.7 Å². The molecule has 34 heavy (non-hydrogen) atoms. The highest BCUT2D eigenvalue weighted by molar-refractivity contribution is 5.46. The number of phenolic OH excluding ortho intramolecular Hbond substituents is 1. The van der Waals surface area contributed by atoms with Crippen LogP contribution >= 0.6 is 0 Å². The van der Waals surface area contributed by atoms with Crippen molar-refractivity contribution < 1.29 is 19.3 Å². The molecule has 0 saturated carbocycles. The van der Waals surface area contributed by atoms with E-state index in [2.05, 4.69) is 36.4 Å². The second kappa shape index (κ2) is 11.3. The van der Waals surface area contributed by atoms with Gasteiger partial charge < -0.3 is 19.3 Å². The van der Waals surface area contributed by atoms with E-state index in [4.69, 9.17) is 14.2 Å². The van der Waals surface area contributed by atoms with Crippen molar-refractivity contribution >= 4 is 0 Å². The van der Waals surface area contributed by atoms with E-state index >= 15 is 0 Å². The Kier molecular flexibility index (Phi) is 7.71. The lowest BCUT2D eigenvalue weighted by Gasteiger charge is -2.13.